The lowest BCUT2D eigenvalue weighted by molar-refractivity contribution is -0.146. The number of aromatic amines is 1. The number of carbonyl (C=O) groups excluding carboxylic acids is 1. The van der Waals surface area contributed by atoms with E-state index in [-0.39, 0.29) is 12.0 Å². The maximum absolute atomic E-state index is 12.4. The van der Waals surface area contributed by atoms with E-state index in [1.165, 1.54) is 34.9 Å². The number of esters is 1. The van der Waals surface area contributed by atoms with Gasteiger partial charge < -0.3 is 19.9 Å². The molecule has 2 aliphatic heterocycles. The van der Waals surface area contributed by atoms with E-state index in [2.05, 4.69) is 46.6 Å². The van der Waals surface area contributed by atoms with Gasteiger partial charge in [-0.3, -0.25) is 4.79 Å². The van der Waals surface area contributed by atoms with Crippen LogP contribution in [-0.2, 0) is 16.0 Å². The van der Waals surface area contributed by atoms with Gasteiger partial charge in [-0.2, -0.15) is 0 Å². The lowest BCUT2D eigenvalue weighted by Gasteiger charge is -2.45. The van der Waals surface area contributed by atoms with E-state index < -0.39 is 0 Å². The maximum Gasteiger partial charge on any atom is 0.323 e. The second kappa shape index (κ2) is 8.11. The Morgan fingerprint density at radius 1 is 1.28 bits per heavy atom. The van der Waals surface area contributed by atoms with Crippen molar-refractivity contribution >= 4 is 16.9 Å². The molecule has 0 amide bonds. The SMILES string of the molecule is CN1C[C@H](CCOC(=O)[C@H]2CCCCCN2)C[C@@H]2c3cccc4[nH]cc(c34)C[C@H]21. The van der Waals surface area contributed by atoms with Gasteiger partial charge in [-0.05, 0) is 68.8 Å². The van der Waals surface area contributed by atoms with Gasteiger partial charge in [0, 0.05) is 35.6 Å². The Hall–Kier alpha value is -1.85. The normalized spacial score (nSPS) is 30.0. The molecule has 4 atom stereocenters. The second-order valence-electron chi connectivity index (χ2n) is 9.32. The predicted octanol–water partition coefficient (Wildman–Crippen LogP) is 3.59. The highest BCUT2D eigenvalue weighted by molar-refractivity contribution is 5.88. The van der Waals surface area contributed by atoms with Gasteiger partial charge in [0.1, 0.15) is 6.04 Å². The zero-order valence-electron chi connectivity index (χ0n) is 17.5. The van der Waals surface area contributed by atoms with Crippen LogP contribution in [0.2, 0.25) is 0 Å². The van der Waals surface area contributed by atoms with E-state index in [1.54, 1.807) is 0 Å². The Morgan fingerprint density at radius 2 is 2.21 bits per heavy atom. The molecule has 2 saturated heterocycles. The highest BCUT2D eigenvalue weighted by Crippen LogP contribution is 2.44. The third kappa shape index (κ3) is 3.71. The van der Waals surface area contributed by atoms with E-state index in [0.717, 1.165) is 45.2 Å². The minimum absolute atomic E-state index is 0.0478. The number of H-pyrrole nitrogens is 1. The minimum atomic E-state index is -0.0983. The smallest absolute Gasteiger partial charge is 0.323 e. The molecule has 3 aliphatic rings. The fourth-order valence-electron chi connectivity index (χ4n) is 5.92. The summed E-state index contributed by atoms with van der Waals surface area (Å²) in [7, 11) is 2.27. The van der Waals surface area contributed by atoms with Crippen LogP contribution in [0, 0.1) is 5.92 Å². The van der Waals surface area contributed by atoms with Crippen molar-refractivity contribution in [2.45, 2.75) is 62.9 Å². The molecule has 0 radical (unpaired) electrons. The molecule has 0 saturated carbocycles. The number of carbonyl (C=O) groups is 1. The lowest BCUT2D eigenvalue weighted by atomic mass is 9.72. The Labute approximate surface area is 173 Å². The van der Waals surface area contributed by atoms with Crippen LogP contribution in [-0.4, -0.2) is 54.7 Å². The summed E-state index contributed by atoms with van der Waals surface area (Å²) in [5, 5.41) is 4.80. The van der Waals surface area contributed by atoms with Crippen molar-refractivity contribution < 1.29 is 9.53 Å². The molecule has 5 heteroatoms. The number of hydrogen-bond acceptors (Lipinski definition) is 4. The number of hydrogen-bond donors (Lipinski definition) is 2. The summed E-state index contributed by atoms with van der Waals surface area (Å²) in [5.41, 5.74) is 4.24. The maximum atomic E-state index is 12.4. The van der Waals surface area contributed by atoms with Crippen LogP contribution in [0.5, 0.6) is 0 Å². The fourth-order valence-corrected chi connectivity index (χ4v) is 5.92. The van der Waals surface area contributed by atoms with Gasteiger partial charge in [-0.15, -0.1) is 0 Å². The number of aromatic nitrogens is 1. The minimum Gasteiger partial charge on any atom is -0.465 e. The molecule has 1 aromatic carbocycles. The third-order valence-corrected chi connectivity index (χ3v) is 7.43. The standard InChI is InChI=1S/C24H33N3O2/c1-27-15-16(9-11-29-24(28)21-7-3-2-4-10-25-21)12-19-18-6-5-8-20-23(18)17(14-26-20)13-22(19)27/h5-6,8,14,16,19,21-22,25-26H,2-4,7,9-13,15H2,1H3/t16-,19-,21-,22-/m1/s1. The van der Waals surface area contributed by atoms with Crippen molar-refractivity contribution in [3.63, 3.8) is 0 Å². The van der Waals surface area contributed by atoms with E-state index in [4.69, 9.17) is 4.74 Å². The van der Waals surface area contributed by atoms with E-state index in [9.17, 15) is 4.79 Å². The van der Waals surface area contributed by atoms with Crippen molar-refractivity contribution in [3.8, 4) is 0 Å². The number of nitrogens with zero attached hydrogens (tertiary/aromatic N) is 1. The summed E-state index contributed by atoms with van der Waals surface area (Å²) >= 11 is 0. The van der Waals surface area contributed by atoms with Crippen LogP contribution in [0.25, 0.3) is 10.9 Å². The second-order valence-corrected chi connectivity index (χ2v) is 9.32. The highest BCUT2D eigenvalue weighted by atomic mass is 16.5. The predicted molar refractivity (Wildman–Crippen MR) is 115 cm³/mol. The first-order valence-electron chi connectivity index (χ1n) is 11.4. The molecule has 0 spiro atoms. The van der Waals surface area contributed by atoms with Crippen LogP contribution < -0.4 is 5.32 Å². The average Bonchev–Trinajstić information content (AvgIpc) is 2.96. The highest BCUT2D eigenvalue weighted by Gasteiger charge is 2.39. The zero-order valence-corrected chi connectivity index (χ0v) is 17.5. The summed E-state index contributed by atoms with van der Waals surface area (Å²) in [6.07, 6.45) is 9.89. The third-order valence-electron chi connectivity index (χ3n) is 7.43. The number of likely N-dealkylation sites (tertiary alicyclic amines) is 1. The van der Waals surface area contributed by atoms with Crippen LogP contribution in [0.3, 0.4) is 0 Å². The fraction of sp³-hybridized carbons (Fsp3) is 0.625. The average molecular weight is 396 g/mol. The summed E-state index contributed by atoms with van der Waals surface area (Å²) in [6.45, 7) is 2.57. The number of rotatable bonds is 4. The first-order chi connectivity index (χ1) is 14.2. The van der Waals surface area contributed by atoms with E-state index in [0.29, 0.717) is 24.5 Å². The number of nitrogens with one attached hydrogen (secondary N) is 2. The van der Waals surface area contributed by atoms with Gasteiger partial charge in [-0.25, -0.2) is 0 Å². The first kappa shape index (κ1) is 19.1. The number of ether oxygens (including phenoxy) is 1. The Bertz CT molecular complexity index is 868. The molecule has 5 rings (SSSR count). The van der Waals surface area contributed by atoms with E-state index in [1.807, 2.05) is 0 Å². The summed E-state index contributed by atoms with van der Waals surface area (Å²) in [5.74, 6) is 1.10. The zero-order chi connectivity index (χ0) is 19.8. The van der Waals surface area contributed by atoms with Crippen LogP contribution in [0.4, 0.5) is 0 Å². The topological polar surface area (TPSA) is 57.4 Å². The van der Waals surface area contributed by atoms with Gasteiger partial charge in [-0.1, -0.05) is 25.0 Å². The van der Waals surface area contributed by atoms with Gasteiger partial charge >= 0.3 is 5.97 Å². The van der Waals surface area contributed by atoms with Gasteiger partial charge in [0.25, 0.3) is 0 Å². The summed E-state index contributed by atoms with van der Waals surface area (Å²) < 4.78 is 5.69. The number of piperidine rings is 1. The van der Waals surface area contributed by atoms with E-state index >= 15 is 0 Å². The monoisotopic (exact) mass is 395 g/mol. The number of fused-ring (bicyclic) bond motifs is 2. The molecule has 2 N–H and O–H groups in total. The van der Waals surface area contributed by atoms with Crippen LogP contribution in [0.15, 0.2) is 24.4 Å². The molecule has 1 aromatic heterocycles. The molecule has 0 bridgehead atoms. The van der Waals surface area contributed by atoms with Gasteiger partial charge in [0.05, 0.1) is 6.61 Å². The van der Waals surface area contributed by atoms with Crippen molar-refractivity contribution in [2.75, 3.05) is 26.7 Å². The molecular formula is C24H33N3O2. The Morgan fingerprint density at radius 3 is 3.14 bits per heavy atom. The van der Waals surface area contributed by atoms with Crippen molar-refractivity contribution in [1.82, 2.24) is 15.2 Å². The number of benzene rings is 1. The first-order valence-corrected chi connectivity index (χ1v) is 11.4. The van der Waals surface area contributed by atoms with Crippen LogP contribution >= 0.6 is 0 Å². The van der Waals surface area contributed by atoms with Crippen molar-refractivity contribution in [3.05, 3.63) is 35.5 Å². The molecule has 156 valence electrons. The molecule has 1 aliphatic carbocycles. The lowest BCUT2D eigenvalue weighted by Crippen LogP contribution is -2.48. The van der Waals surface area contributed by atoms with Crippen molar-refractivity contribution in [2.24, 2.45) is 5.92 Å². The molecule has 3 heterocycles. The van der Waals surface area contributed by atoms with Crippen LogP contribution in [0.1, 0.15) is 55.6 Å². The molecule has 0 unspecified atom stereocenters. The molecule has 2 fully saturated rings. The number of likely N-dealkylation sites (N-methyl/N-ethyl adjacent to an activating group) is 1. The van der Waals surface area contributed by atoms with Gasteiger partial charge in [0.2, 0.25) is 0 Å². The summed E-state index contributed by atoms with van der Waals surface area (Å²) in [4.78, 5) is 18.4. The molecular weight excluding hydrogens is 362 g/mol. The largest absolute Gasteiger partial charge is 0.465 e. The quantitative estimate of drug-likeness (QED) is 0.777. The Kier molecular flexibility index (Phi) is 5.35. The van der Waals surface area contributed by atoms with Gasteiger partial charge in [0.15, 0.2) is 0 Å². The Balaban J connectivity index is 1.22. The van der Waals surface area contributed by atoms with Crippen molar-refractivity contribution in [1.29, 1.82) is 0 Å². The molecule has 5 nitrogen and oxygen atoms in total. The molecule has 29 heavy (non-hydrogen) atoms. The molecule has 2 aromatic rings. The summed E-state index contributed by atoms with van der Waals surface area (Å²) in [6, 6.07) is 7.18.